The molecule has 4 fully saturated rings. The number of benzene rings is 2. The number of primary amides is 1. The van der Waals surface area contributed by atoms with Crippen molar-refractivity contribution in [3.63, 3.8) is 0 Å². The third-order valence-electron chi connectivity index (χ3n) is 23.0. The zero-order valence-corrected chi connectivity index (χ0v) is 69.5. The lowest BCUT2D eigenvalue weighted by molar-refractivity contribution is -0.159. The molecule has 4 saturated heterocycles. The molecule has 41 heteroatoms. The molecule has 10 rings (SSSR count). The SMILES string of the molecule is CSCC[C@@H](NC(=O)[C@@H](Cc1c[nH]c2ccccc12)NC(=O)[C@@H](CO)NC(=O)[C@H]1CCCN1C(=O)[C@H](NC(=O)[C@@H](Cc1c[nH]c2ccccc12)NC(=O)[C@]1(N2C(=O)C=CC2=O)NCCC1C(=O)[C@@H](N)CCCCN)C(C)C)C(=O)N1CCC[C@@H]1C(=O)N1CCC[C@@H]1C(=O)N[C@H](CCCNC(=N)N)C(=O)N[C@H](Cc1c[nH]cn1)C(=O)N[C@@H](C(N)=O)[C@H](C)O. The second-order valence-corrected chi connectivity index (χ2v) is 32.8. The topological polar surface area (TPSA) is 618 Å². The smallest absolute Gasteiger partial charge is 0.263 e. The minimum atomic E-state index is -2.37. The van der Waals surface area contributed by atoms with E-state index in [9.17, 15) is 53.4 Å². The first-order valence-corrected chi connectivity index (χ1v) is 42.7. The van der Waals surface area contributed by atoms with Gasteiger partial charge in [0.25, 0.3) is 17.7 Å². The molecular weight excluding hydrogens is 1600 g/mol. The standard InChI is InChI=1S/C81H113N23O17S/c1-43(2)65(99-71(113)57(36-46-39-90-53-19-8-6-16-49(46)53)98-79(121)81(104-63(107)24-25-64(104)108)50(26-30-92-81)67(109)51(83)17-9-10-28-82)78(120)102-32-13-22-61(102)75(117)97-59(41-105)73(115)95-56(35-45-38-89-52-18-7-5-15-48(45)52)70(112)94-55(27-34-122-4)76(118)103-33-14-23-62(103)77(119)101-31-12-21-60(101)74(116)93-54(20-11-29-88-80(85)86)69(111)96-58(37-47-40-87-42-91-47)72(114)100-66(44(3)106)68(84)110/h5-8,15-16,18-19,24-25,38-40,42-44,50-51,54-62,65-66,89-90,92,105-106H,9-14,17,20-23,26-37,41,82-83H2,1-4H3,(H2,84,110)(H,87,91)(H,93,116)(H,94,112)(H,95,115)(H,96,111)(H,97,117)(H,98,121)(H,99,113)(H,100,114)(H4,85,86,88)/t44-,50?,51-,54+,55+,56+,57+,58+,59+,60+,61+,62+,65+,66+,81-/m0/s1. The van der Waals surface area contributed by atoms with Gasteiger partial charge in [0.15, 0.2) is 17.4 Å². The highest BCUT2D eigenvalue weighted by Crippen LogP contribution is 2.36. The van der Waals surface area contributed by atoms with Gasteiger partial charge in [-0.25, -0.2) is 9.88 Å². The highest BCUT2D eigenvalue weighted by molar-refractivity contribution is 7.98. The van der Waals surface area contributed by atoms with E-state index in [1.165, 1.54) is 45.9 Å². The number of aromatic amines is 3. The van der Waals surface area contributed by atoms with Crippen LogP contribution in [0.1, 0.15) is 121 Å². The number of aliphatic hydroxyl groups is 2. The van der Waals surface area contributed by atoms with Gasteiger partial charge in [0, 0.05) is 98.0 Å². The fourth-order valence-electron chi connectivity index (χ4n) is 16.6. The Balaban J connectivity index is 0.834. The van der Waals surface area contributed by atoms with Crippen LogP contribution in [-0.4, -0.2) is 286 Å². The van der Waals surface area contributed by atoms with Crippen LogP contribution >= 0.6 is 11.8 Å². The van der Waals surface area contributed by atoms with Gasteiger partial charge in [-0.15, -0.1) is 0 Å². The van der Waals surface area contributed by atoms with Crippen LogP contribution in [0.4, 0.5) is 0 Å². The molecule has 3 aromatic heterocycles. The molecule has 5 aliphatic rings. The maximum Gasteiger partial charge on any atom is 0.263 e. The van der Waals surface area contributed by atoms with Crippen LogP contribution in [0.15, 0.2) is 85.6 Å². The highest BCUT2D eigenvalue weighted by atomic mass is 32.2. The van der Waals surface area contributed by atoms with Crippen molar-refractivity contribution in [2.24, 2.45) is 34.8 Å². The normalized spacial score (nSPS) is 20.8. The lowest BCUT2D eigenvalue weighted by Gasteiger charge is -2.41. The van der Waals surface area contributed by atoms with E-state index >= 15 is 28.8 Å². The van der Waals surface area contributed by atoms with Crippen molar-refractivity contribution >= 4 is 128 Å². The van der Waals surface area contributed by atoms with Crippen molar-refractivity contribution in [3.8, 4) is 0 Å². The van der Waals surface area contributed by atoms with Gasteiger partial charge in [0.05, 0.1) is 36.7 Å². The number of hydrogen-bond acceptors (Lipinski definition) is 23. The van der Waals surface area contributed by atoms with E-state index in [-0.39, 0.29) is 116 Å². The quantitative estimate of drug-likeness (QED) is 0.00766. The number of imide groups is 1. The molecule has 24 N–H and O–H groups in total. The van der Waals surface area contributed by atoms with Gasteiger partial charge in [0.1, 0.15) is 66.5 Å². The summed E-state index contributed by atoms with van der Waals surface area (Å²) in [6, 6.07) is -2.35. The van der Waals surface area contributed by atoms with E-state index in [0.717, 1.165) is 12.2 Å². The van der Waals surface area contributed by atoms with Crippen LogP contribution in [0, 0.1) is 17.2 Å². The van der Waals surface area contributed by atoms with Gasteiger partial charge in [-0.2, -0.15) is 11.8 Å². The number of nitrogens with one attached hydrogen (secondary N) is 14. The Morgan fingerprint density at radius 3 is 1.69 bits per heavy atom. The van der Waals surface area contributed by atoms with Crippen LogP contribution in [-0.2, 0) is 91.2 Å². The number of unbranched alkanes of at least 4 members (excludes halogenated alkanes) is 1. The molecule has 660 valence electrons. The van der Waals surface area contributed by atoms with Gasteiger partial charge in [0.2, 0.25) is 65.0 Å². The van der Waals surface area contributed by atoms with Crippen LogP contribution in [0.3, 0.4) is 0 Å². The Morgan fingerprint density at radius 1 is 0.607 bits per heavy atom. The van der Waals surface area contributed by atoms with E-state index in [4.69, 9.17) is 28.3 Å². The van der Waals surface area contributed by atoms with Gasteiger partial charge >= 0.3 is 0 Å². The van der Waals surface area contributed by atoms with Crippen LogP contribution in [0.25, 0.3) is 21.8 Å². The molecule has 2 aromatic carbocycles. The van der Waals surface area contributed by atoms with E-state index in [1.807, 2.05) is 0 Å². The van der Waals surface area contributed by atoms with E-state index in [2.05, 4.69) is 73.1 Å². The molecule has 0 aliphatic carbocycles. The summed E-state index contributed by atoms with van der Waals surface area (Å²) in [5.41, 5.74) is 23.6. The van der Waals surface area contributed by atoms with Crippen molar-refractivity contribution in [1.29, 1.82) is 5.41 Å². The van der Waals surface area contributed by atoms with Crippen molar-refractivity contribution in [1.82, 2.24) is 92.7 Å². The van der Waals surface area contributed by atoms with Crippen molar-refractivity contribution in [2.45, 2.75) is 208 Å². The zero-order chi connectivity index (χ0) is 88.2. The number of rotatable bonds is 43. The number of thioether (sulfide) groups is 1. The number of hydrogen-bond donors (Lipinski definition) is 20. The fourth-order valence-corrected chi connectivity index (χ4v) is 17.1. The third kappa shape index (κ3) is 22.2. The monoisotopic (exact) mass is 1710 g/mol. The number of imidazole rings is 1. The predicted molar refractivity (Wildman–Crippen MR) is 447 cm³/mol. The first-order valence-electron chi connectivity index (χ1n) is 41.3. The first kappa shape index (κ1) is 92.6. The number of ketones is 1. The molecule has 40 nitrogen and oxygen atoms in total. The number of Topliss-reactive ketones (excluding diaryl/α,β-unsaturated/α-hetero) is 1. The van der Waals surface area contributed by atoms with Crippen molar-refractivity contribution in [2.75, 3.05) is 57.9 Å². The molecule has 0 bridgehead atoms. The number of likely N-dealkylation sites (tertiary alicyclic amines) is 3. The average Bonchev–Trinajstić information content (AvgIpc) is 1.57. The number of nitrogens with two attached hydrogens (primary N) is 4. The number of fused-ring (bicyclic) bond motifs is 2. The first-order chi connectivity index (χ1) is 58.4. The van der Waals surface area contributed by atoms with Gasteiger partial charge in [-0.1, -0.05) is 56.7 Å². The number of H-pyrrole nitrogens is 3. The van der Waals surface area contributed by atoms with Crippen molar-refractivity contribution < 1.29 is 82.1 Å². The summed E-state index contributed by atoms with van der Waals surface area (Å²) in [5.74, 6) is -14.8. The summed E-state index contributed by atoms with van der Waals surface area (Å²) in [6.07, 6.45) is 10.3. The minimum Gasteiger partial charge on any atom is -0.394 e. The summed E-state index contributed by atoms with van der Waals surface area (Å²) in [5, 5.41) is 57.4. The number of nitrogens with zero attached hydrogens (tertiary/aromatic N) is 5. The molecule has 0 saturated carbocycles. The lowest BCUT2D eigenvalue weighted by atomic mass is 9.83. The highest BCUT2D eigenvalue weighted by Gasteiger charge is 2.61. The van der Waals surface area contributed by atoms with E-state index in [0.29, 0.717) is 81.5 Å². The zero-order valence-electron chi connectivity index (χ0n) is 68.7. The minimum absolute atomic E-state index is 0.0134. The average molecular weight is 1710 g/mol. The fraction of sp³-hybridized carbons (Fsp3) is 0.543. The molecule has 0 radical (unpaired) electrons. The van der Waals surface area contributed by atoms with Gasteiger partial charge in [-0.05, 0) is 138 Å². The van der Waals surface area contributed by atoms with Crippen LogP contribution in [0.2, 0.25) is 0 Å². The van der Waals surface area contributed by atoms with E-state index in [1.54, 1.807) is 81.0 Å². The summed E-state index contributed by atoms with van der Waals surface area (Å²) in [6.45, 7) is 4.04. The second-order valence-electron chi connectivity index (χ2n) is 31.8. The Kier molecular flexibility index (Phi) is 32.4. The molecule has 122 heavy (non-hydrogen) atoms. The Bertz CT molecular complexity index is 4670. The molecule has 0 spiro atoms. The largest absolute Gasteiger partial charge is 0.394 e. The summed E-state index contributed by atoms with van der Waals surface area (Å²) in [4.78, 5) is 235. The molecule has 8 heterocycles. The van der Waals surface area contributed by atoms with Gasteiger partial charge < -0.3 is 111 Å². The Labute approximate surface area is 707 Å². The van der Waals surface area contributed by atoms with Crippen LogP contribution < -0.4 is 76.1 Å². The number of para-hydroxylation sites is 2. The number of aliphatic hydroxyl groups excluding tert-OH is 2. The number of guanidine groups is 1. The number of amides is 14. The number of carbonyl (C=O) groups is 15. The summed E-state index contributed by atoms with van der Waals surface area (Å²) >= 11 is 1.37. The van der Waals surface area contributed by atoms with Gasteiger partial charge in [-0.3, -0.25) is 82.6 Å². The molecule has 15 atom stereocenters. The molecular formula is C81H113N23O17S. The molecule has 5 aromatic rings. The second kappa shape index (κ2) is 42.7. The molecule has 5 aliphatic heterocycles. The lowest BCUT2D eigenvalue weighted by Crippen LogP contribution is -2.72. The number of aromatic nitrogens is 4. The Morgan fingerprint density at radius 2 is 1.13 bits per heavy atom. The maximum absolute atomic E-state index is 15.4. The van der Waals surface area contributed by atoms with Crippen LogP contribution in [0.5, 0.6) is 0 Å². The molecule has 14 amide bonds. The molecule has 1 unspecified atom stereocenters. The summed E-state index contributed by atoms with van der Waals surface area (Å²) < 4.78 is 0. The van der Waals surface area contributed by atoms with E-state index < -0.39 is 191 Å². The predicted octanol–water partition coefficient (Wildman–Crippen LogP) is -3.96. The van der Waals surface area contributed by atoms with Crippen molar-refractivity contribution in [3.05, 3.63) is 102 Å². The summed E-state index contributed by atoms with van der Waals surface area (Å²) in [7, 11) is 0. The maximum atomic E-state index is 15.4. The third-order valence-corrected chi connectivity index (χ3v) is 23.7. The number of carbonyl (C=O) groups excluding carboxylic acids is 15. The Hall–Kier alpha value is -11.7.